The standard InChI is InChI=1S/C13H18N2O/c1-15(12-6-8-14-9-7-12)10-11-2-4-13(16)5-3-11/h6-9,11H,2-5,10H2,1H3. The summed E-state index contributed by atoms with van der Waals surface area (Å²) in [6.07, 6.45) is 7.28. The van der Waals surface area contributed by atoms with Crippen LogP contribution >= 0.6 is 0 Å². The molecule has 0 atom stereocenters. The van der Waals surface area contributed by atoms with Gasteiger partial charge in [0.25, 0.3) is 0 Å². The van der Waals surface area contributed by atoms with Crippen LogP contribution in [0.15, 0.2) is 24.5 Å². The van der Waals surface area contributed by atoms with Gasteiger partial charge in [-0.3, -0.25) is 9.78 Å². The van der Waals surface area contributed by atoms with E-state index in [4.69, 9.17) is 0 Å². The summed E-state index contributed by atoms with van der Waals surface area (Å²) in [7, 11) is 2.10. The third kappa shape index (κ3) is 2.81. The summed E-state index contributed by atoms with van der Waals surface area (Å²) in [4.78, 5) is 17.4. The third-order valence-electron chi connectivity index (χ3n) is 3.30. The zero-order valence-electron chi connectivity index (χ0n) is 9.72. The molecule has 1 fully saturated rings. The van der Waals surface area contributed by atoms with Crippen molar-refractivity contribution >= 4 is 11.5 Å². The van der Waals surface area contributed by atoms with Crippen LogP contribution in [0.25, 0.3) is 0 Å². The zero-order chi connectivity index (χ0) is 11.4. The van der Waals surface area contributed by atoms with Gasteiger partial charge in [0.15, 0.2) is 0 Å². The summed E-state index contributed by atoms with van der Waals surface area (Å²) in [5.74, 6) is 1.10. The number of nitrogens with zero attached hydrogens (tertiary/aromatic N) is 2. The van der Waals surface area contributed by atoms with Crippen molar-refractivity contribution in [3.05, 3.63) is 24.5 Å². The second kappa shape index (κ2) is 5.10. The maximum atomic E-state index is 11.1. The first-order chi connectivity index (χ1) is 7.75. The van der Waals surface area contributed by atoms with Gasteiger partial charge in [-0.25, -0.2) is 0 Å². The fraction of sp³-hybridized carbons (Fsp3) is 0.538. The van der Waals surface area contributed by atoms with Crippen molar-refractivity contribution < 1.29 is 4.79 Å². The highest BCUT2D eigenvalue weighted by atomic mass is 16.1. The number of hydrogen-bond acceptors (Lipinski definition) is 3. The fourth-order valence-electron chi connectivity index (χ4n) is 2.27. The van der Waals surface area contributed by atoms with E-state index in [1.54, 1.807) is 0 Å². The molecule has 0 radical (unpaired) electrons. The van der Waals surface area contributed by atoms with Crippen LogP contribution in [0.3, 0.4) is 0 Å². The zero-order valence-corrected chi connectivity index (χ0v) is 9.72. The second-order valence-corrected chi connectivity index (χ2v) is 4.57. The average molecular weight is 218 g/mol. The van der Waals surface area contributed by atoms with Gasteiger partial charge in [0.2, 0.25) is 0 Å². The summed E-state index contributed by atoms with van der Waals surface area (Å²) in [6, 6.07) is 4.04. The van der Waals surface area contributed by atoms with Crippen molar-refractivity contribution in [2.24, 2.45) is 5.92 Å². The van der Waals surface area contributed by atoms with Crippen LogP contribution in [0.4, 0.5) is 5.69 Å². The van der Waals surface area contributed by atoms with Crippen LogP contribution in [-0.4, -0.2) is 24.4 Å². The number of pyridine rings is 1. The number of anilines is 1. The van der Waals surface area contributed by atoms with E-state index in [0.29, 0.717) is 11.7 Å². The van der Waals surface area contributed by atoms with E-state index in [1.165, 1.54) is 5.69 Å². The molecule has 86 valence electrons. The molecule has 2 rings (SSSR count). The normalized spacial score (nSPS) is 17.4. The van der Waals surface area contributed by atoms with Gasteiger partial charge >= 0.3 is 0 Å². The topological polar surface area (TPSA) is 33.2 Å². The lowest BCUT2D eigenvalue weighted by Crippen LogP contribution is -2.28. The van der Waals surface area contributed by atoms with Crippen molar-refractivity contribution in [1.29, 1.82) is 0 Å². The number of hydrogen-bond donors (Lipinski definition) is 0. The van der Waals surface area contributed by atoms with Gasteiger partial charge < -0.3 is 4.90 Å². The molecule has 1 aliphatic rings. The number of rotatable bonds is 3. The molecule has 1 heterocycles. The van der Waals surface area contributed by atoms with Gasteiger partial charge in [0.05, 0.1) is 0 Å². The lowest BCUT2D eigenvalue weighted by Gasteiger charge is -2.27. The Balaban J connectivity index is 1.88. The van der Waals surface area contributed by atoms with Crippen LogP contribution in [-0.2, 0) is 4.79 Å². The van der Waals surface area contributed by atoms with Crippen molar-refractivity contribution in [1.82, 2.24) is 4.98 Å². The van der Waals surface area contributed by atoms with Gasteiger partial charge in [0.1, 0.15) is 5.78 Å². The highest BCUT2D eigenvalue weighted by Crippen LogP contribution is 2.23. The molecule has 1 aromatic rings. The van der Waals surface area contributed by atoms with Crippen LogP contribution < -0.4 is 4.90 Å². The van der Waals surface area contributed by atoms with Crippen molar-refractivity contribution in [3.8, 4) is 0 Å². The van der Waals surface area contributed by atoms with E-state index in [1.807, 2.05) is 24.5 Å². The Kier molecular flexibility index (Phi) is 3.54. The molecule has 0 N–H and O–H groups in total. The molecule has 1 aliphatic carbocycles. The van der Waals surface area contributed by atoms with E-state index in [9.17, 15) is 4.79 Å². The molecule has 0 amide bonds. The largest absolute Gasteiger partial charge is 0.374 e. The number of carbonyl (C=O) groups is 1. The fourth-order valence-corrected chi connectivity index (χ4v) is 2.27. The van der Waals surface area contributed by atoms with Crippen LogP contribution in [0.5, 0.6) is 0 Å². The summed E-state index contributed by atoms with van der Waals surface area (Å²) < 4.78 is 0. The molecule has 16 heavy (non-hydrogen) atoms. The van der Waals surface area contributed by atoms with Crippen LogP contribution in [0.1, 0.15) is 25.7 Å². The molecular weight excluding hydrogens is 200 g/mol. The van der Waals surface area contributed by atoms with Crippen molar-refractivity contribution in [2.45, 2.75) is 25.7 Å². The van der Waals surface area contributed by atoms with Crippen molar-refractivity contribution in [3.63, 3.8) is 0 Å². The molecule has 1 aromatic heterocycles. The molecule has 0 saturated heterocycles. The lowest BCUT2D eigenvalue weighted by atomic mass is 9.88. The van der Waals surface area contributed by atoms with Gasteiger partial charge in [-0.05, 0) is 30.9 Å². The Morgan fingerprint density at radius 3 is 2.56 bits per heavy atom. The van der Waals surface area contributed by atoms with Crippen LogP contribution in [0, 0.1) is 5.92 Å². The predicted octanol–water partition coefficient (Wildman–Crippen LogP) is 2.28. The summed E-state index contributed by atoms with van der Waals surface area (Å²) in [5, 5.41) is 0. The summed E-state index contributed by atoms with van der Waals surface area (Å²) in [5.41, 5.74) is 1.20. The first-order valence-electron chi connectivity index (χ1n) is 5.88. The number of aromatic nitrogens is 1. The monoisotopic (exact) mass is 218 g/mol. The molecule has 0 aliphatic heterocycles. The van der Waals surface area contributed by atoms with E-state index >= 15 is 0 Å². The predicted molar refractivity (Wildman–Crippen MR) is 64.5 cm³/mol. The van der Waals surface area contributed by atoms with E-state index in [-0.39, 0.29) is 0 Å². The molecule has 1 saturated carbocycles. The maximum absolute atomic E-state index is 11.1. The van der Waals surface area contributed by atoms with Crippen LogP contribution in [0.2, 0.25) is 0 Å². The van der Waals surface area contributed by atoms with Gasteiger partial charge in [-0.1, -0.05) is 0 Å². The molecule has 0 bridgehead atoms. The molecular formula is C13H18N2O. The quantitative estimate of drug-likeness (QED) is 0.780. The van der Waals surface area contributed by atoms with Gasteiger partial charge in [-0.2, -0.15) is 0 Å². The lowest BCUT2D eigenvalue weighted by molar-refractivity contribution is -0.120. The SMILES string of the molecule is CN(CC1CCC(=O)CC1)c1ccncc1. The van der Waals surface area contributed by atoms with E-state index < -0.39 is 0 Å². The second-order valence-electron chi connectivity index (χ2n) is 4.57. The Bertz CT molecular complexity index is 340. The summed E-state index contributed by atoms with van der Waals surface area (Å²) >= 11 is 0. The van der Waals surface area contributed by atoms with Crippen molar-refractivity contribution in [2.75, 3.05) is 18.5 Å². The molecule has 3 nitrogen and oxygen atoms in total. The van der Waals surface area contributed by atoms with Gasteiger partial charge in [0, 0.05) is 44.5 Å². The number of Topliss-reactive ketones (excluding diaryl/α,β-unsaturated/α-hetero) is 1. The Labute approximate surface area is 96.5 Å². The molecule has 0 unspecified atom stereocenters. The minimum atomic E-state index is 0.433. The van der Waals surface area contributed by atoms with E-state index in [2.05, 4.69) is 16.9 Å². The summed E-state index contributed by atoms with van der Waals surface area (Å²) in [6.45, 7) is 1.04. The highest BCUT2D eigenvalue weighted by Gasteiger charge is 2.19. The molecule has 0 spiro atoms. The molecule has 3 heteroatoms. The minimum absolute atomic E-state index is 0.433. The molecule has 0 aromatic carbocycles. The highest BCUT2D eigenvalue weighted by molar-refractivity contribution is 5.79. The number of ketones is 1. The smallest absolute Gasteiger partial charge is 0.132 e. The average Bonchev–Trinajstić information content (AvgIpc) is 2.33. The third-order valence-corrected chi connectivity index (χ3v) is 3.30. The first kappa shape index (κ1) is 11.1. The maximum Gasteiger partial charge on any atom is 0.132 e. The van der Waals surface area contributed by atoms with E-state index in [0.717, 1.165) is 32.2 Å². The minimum Gasteiger partial charge on any atom is -0.374 e. The Morgan fingerprint density at radius 1 is 1.31 bits per heavy atom. The number of carbonyl (C=O) groups excluding carboxylic acids is 1. The van der Waals surface area contributed by atoms with Gasteiger partial charge in [-0.15, -0.1) is 0 Å². The Morgan fingerprint density at radius 2 is 1.94 bits per heavy atom. The Hall–Kier alpha value is -1.38. The first-order valence-corrected chi connectivity index (χ1v) is 5.88.